The molecule has 9 heteroatoms. The highest BCUT2D eigenvalue weighted by molar-refractivity contribution is 6.34. The van der Waals surface area contributed by atoms with E-state index in [0.717, 1.165) is 6.07 Å². The summed E-state index contributed by atoms with van der Waals surface area (Å²) in [6.07, 6.45) is 1.32. The minimum Gasteiger partial charge on any atom is -0.465 e. The summed E-state index contributed by atoms with van der Waals surface area (Å²) in [5.41, 5.74) is -0.288. The molecule has 0 atom stereocenters. The van der Waals surface area contributed by atoms with Crippen molar-refractivity contribution in [2.45, 2.75) is 13.5 Å². The summed E-state index contributed by atoms with van der Waals surface area (Å²) in [4.78, 5) is 23.3. The number of nitrogens with one attached hydrogen (secondary N) is 1. The number of ether oxygens (including phenoxy) is 1. The topological polar surface area (TPSA) is 86.1 Å². The number of hydrogen-bond donors (Lipinski definition) is 1. The molecule has 1 aromatic carbocycles. The van der Waals surface area contributed by atoms with E-state index < -0.39 is 17.7 Å². The van der Waals surface area contributed by atoms with Gasteiger partial charge in [0.15, 0.2) is 5.82 Å². The first-order valence-electron chi connectivity index (χ1n) is 6.32. The van der Waals surface area contributed by atoms with Crippen molar-refractivity contribution < 1.29 is 18.7 Å². The van der Waals surface area contributed by atoms with E-state index in [1.807, 2.05) is 0 Å². The molecule has 2 aromatic rings. The van der Waals surface area contributed by atoms with Crippen LogP contribution in [0.1, 0.15) is 17.3 Å². The number of rotatable bonds is 5. The Morgan fingerprint density at radius 3 is 2.91 bits per heavy atom. The minimum absolute atomic E-state index is 0.0172. The molecule has 1 heterocycles. The van der Waals surface area contributed by atoms with Gasteiger partial charge in [0.05, 0.1) is 23.4 Å². The summed E-state index contributed by atoms with van der Waals surface area (Å²) in [6, 6.07) is 3.92. The van der Waals surface area contributed by atoms with Gasteiger partial charge in [0.2, 0.25) is 0 Å². The standard InChI is InChI=1S/C13H12ClFN4O3/c1-2-22-11(20)7-19-6-10(17-18-19)16-13(21)12-8(14)4-3-5-9(12)15/h3-6H,2,7H2,1H3,(H,16,21). The number of halogens is 2. The lowest BCUT2D eigenvalue weighted by Crippen LogP contribution is -2.15. The monoisotopic (exact) mass is 326 g/mol. The Bertz CT molecular complexity index is 684. The molecular formula is C13H12ClFN4O3. The van der Waals surface area contributed by atoms with Crippen LogP contribution in [0.2, 0.25) is 5.02 Å². The maximum atomic E-state index is 13.6. The van der Waals surface area contributed by atoms with Gasteiger partial charge < -0.3 is 10.1 Å². The molecule has 0 spiro atoms. The van der Waals surface area contributed by atoms with E-state index >= 15 is 0 Å². The highest BCUT2D eigenvalue weighted by atomic mass is 35.5. The van der Waals surface area contributed by atoms with Crippen LogP contribution in [-0.4, -0.2) is 33.5 Å². The van der Waals surface area contributed by atoms with Crippen LogP contribution in [0.25, 0.3) is 0 Å². The molecule has 1 N–H and O–H groups in total. The van der Waals surface area contributed by atoms with Crippen molar-refractivity contribution in [1.82, 2.24) is 15.0 Å². The van der Waals surface area contributed by atoms with Gasteiger partial charge in [0.1, 0.15) is 12.4 Å². The largest absolute Gasteiger partial charge is 0.465 e. The summed E-state index contributed by atoms with van der Waals surface area (Å²) in [5.74, 6) is -1.92. The minimum atomic E-state index is -0.758. The molecule has 0 aliphatic rings. The van der Waals surface area contributed by atoms with Gasteiger partial charge in [0.25, 0.3) is 5.91 Å². The maximum Gasteiger partial charge on any atom is 0.327 e. The van der Waals surface area contributed by atoms with E-state index in [0.29, 0.717) is 0 Å². The van der Waals surface area contributed by atoms with Gasteiger partial charge in [-0.25, -0.2) is 9.07 Å². The Morgan fingerprint density at radius 1 is 1.45 bits per heavy atom. The third kappa shape index (κ3) is 3.79. The van der Waals surface area contributed by atoms with Gasteiger partial charge >= 0.3 is 5.97 Å². The first kappa shape index (κ1) is 15.9. The summed E-state index contributed by atoms with van der Waals surface area (Å²) in [7, 11) is 0. The van der Waals surface area contributed by atoms with E-state index in [4.69, 9.17) is 16.3 Å². The molecule has 0 fully saturated rings. The molecule has 0 bridgehead atoms. The molecule has 0 radical (unpaired) electrons. The molecule has 0 unspecified atom stereocenters. The number of hydrogen-bond acceptors (Lipinski definition) is 5. The SMILES string of the molecule is CCOC(=O)Cn1cc(NC(=O)c2c(F)cccc2Cl)nn1. The van der Waals surface area contributed by atoms with Crippen molar-refractivity contribution in [1.29, 1.82) is 0 Å². The Labute approximate surface area is 130 Å². The molecule has 1 amide bonds. The molecule has 116 valence electrons. The van der Waals surface area contributed by atoms with Gasteiger partial charge in [-0.05, 0) is 19.1 Å². The van der Waals surface area contributed by atoms with Crippen LogP contribution in [0.4, 0.5) is 10.2 Å². The summed E-state index contributed by atoms with van der Waals surface area (Å²) in [5, 5.41) is 9.65. The third-order valence-corrected chi connectivity index (χ3v) is 2.88. The second kappa shape index (κ2) is 6.99. The highest BCUT2D eigenvalue weighted by Crippen LogP contribution is 2.19. The van der Waals surface area contributed by atoms with Gasteiger partial charge in [-0.3, -0.25) is 9.59 Å². The molecule has 7 nitrogen and oxygen atoms in total. The molecule has 22 heavy (non-hydrogen) atoms. The van der Waals surface area contributed by atoms with E-state index in [1.165, 1.54) is 23.0 Å². The molecule has 1 aromatic heterocycles. The second-order valence-corrected chi connectivity index (χ2v) is 4.56. The van der Waals surface area contributed by atoms with Gasteiger partial charge in [0, 0.05) is 0 Å². The van der Waals surface area contributed by atoms with Crippen LogP contribution < -0.4 is 5.32 Å². The number of amides is 1. The average Bonchev–Trinajstić information content (AvgIpc) is 2.85. The Morgan fingerprint density at radius 2 is 2.23 bits per heavy atom. The smallest absolute Gasteiger partial charge is 0.327 e. The number of carbonyl (C=O) groups is 2. The fourth-order valence-electron chi connectivity index (χ4n) is 1.67. The Hall–Kier alpha value is -2.48. The van der Waals surface area contributed by atoms with Crippen LogP contribution in [0.15, 0.2) is 24.4 Å². The predicted octanol–water partition coefficient (Wildman–Crippen LogP) is 1.89. The molecule has 2 rings (SSSR count). The number of anilines is 1. The van der Waals surface area contributed by atoms with Crippen molar-refractivity contribution in [2.24, 2.45) is 0 Å². The predicted molar refractivity (Wildman–Crippen MR) is 76.0 cm³/mol. The Balaban J connectivity index is 2.07. The van der Waals surface area contributed by atoms with Crippen LogP contribution >= 0.6 is 11.6 Å². The van der Waals surface area contributed by atoms with Crippen LogP contribution in [0.5, 0.6) is 0 Å². The van der Waals surface area contributed by atoms with Crippen molar-refractivity contribution in [3.8, 4) is 0 Å². The summed E-state index contributed by atoms with van der Waals surface area (Å²) < 4.78 is 19.6. The van der Waals surface area contributed by atoms with Crippen LogP contribution in [0, 0.1) is 5.82 Å². The second-order valence-electron chi connectivity index (χ2n) is 4.16. The lowest BCUT2D eigenvalue weighted by Gasteiger charge is -2.04. The highest BCUT2D eigenvalue weighted by Gasteiger charge is 2.17. The number of nitrogens with zero attached hydrogens (tertiary/aromatic N) is 3. The van der Waals surface area contributed by atoms with E-state index in [9.17, 15) is 14.0 Å². The van der Waals surface area contributed by atoms with Gasteiger partial charge in [-0.1, -0.05) is 22.9 Å². The zero-order valence-corrected chi connectivity index (χ0v) is 12.3. The van der Waals surface area contributed by atoms with E-state index in [-0.39, 0.29) is 29.6 Å². The molecule has 0 saturated heterocycles. The first-order valence-corrected chi connectivity index (χ1v) is 6.70. The third-order valence-electron chi connectivity index (χ3n) is 2.57. The lowest BCUT2D eigenvalue weighted by atomic mass is 10.2. The van der Waals surface area contributed by atoms with Gasteiger partial charge in [-0.15, -0.1) is 5.10 Å². The van der Waals surface area contributed by atoms with Crippen LogP contribution in [-0.2, 0) is 16.1 Å². The number of esters is 1. The summed E-state index contributed by atoms with van der Waals surface area (Å²) >= 11 is 5.80. The molecule has 0 saturated carbocycles. The zero-order chi connectivity index (χ0) is 16.1. The normalized spacial score (nSPS) is 10.3. The number of benzene rings is 1. The first-order chi connectivity index (χ1) is 10.5. The van der Waals surface area contributed by atoms with E-state index in [1.54, 1.807) is 6.92 Å². The average molecular weight is 327 g/mol. The Kier molecular flexibility index (Phi) is 5.05. The molecule has 0 aliphatic heterocycles. The van der Waals surface area contributed by atoms with Gasteiger partial charge in [-0.2, -0.15) is 0 Å². The molecule has 0 aliphatic carbocycles. The number of carbonyl (C=O) groups excluding carboxylic acids is 2. The van der Waals surface area contributed by atoms with Crippen LogP contribution in [0.3, 0.4) is 0 Å². The van der Waals surface area contributed by atoms with Crippen molar-refractivity contribution in [3.63, 3.8) is 0 Å². The van der Waals surface area contributed by atoms with E-state index in [2.05, 4.69) is 15.6 Å². The quantitative estimate of drug-likeness (QED) is 0.848. The fraction of sp³-hybridized carbons (Fsp3) is 0.231. The lowest BCUT2D eigenvalue weighted by molar-refractivity contribution is -0.144. The molecular weight excluding hydrogens is 315 g/mol. The fourth-order valence-corrected chi connectivity index (χ4v) is 1.91. The van der Waals surface area contributed by atoms with Crippen molar-refractivity contribution in [3.05, 3.63) is 40.8 Å². The van der Waals surface area contributed by atoms with Crippen molar-refractivity contribution >= 4 is 29.3 Å². The zero-order valence-electron chi connectivity index (χ0n) is 11.5. The summed E-state index contributed by atoms with van der Waals surface area (Å²) in [6.45, 7) is 1.79. The number of aromatic nitrogens is 3. The van der Waals surface area contributed by atoms with Crippen molar-refractivity contribution in [2.75, 3.05) is 11.9 Å². The maximum absolute atomic E-state index is 13.6.